The van der Waals surface area contributed by atoms with Crippen LogP contribution in [-0.4, -0.2) is 63.3 Å². The Morgan fingerprint density at radius 3 is 2.32 bits per heavy atom. The summed E-state index contributed by atoms with van der Waals surface area (Å²) in [5, 5.41) is 2.70. The number of hydrogen-bond donors (Lipinski definition) is 1. The molecule has 0 radical (unpaired) electrons. The first-order valence-electron chi connectivity index (χ1n) is 8.29. The molecular weight excluding hydrogens is 342 g/mol. The summed E-state index contributed by atoms with van der Waals surface area (Å²) >= 11 is 0. The zero-order valence-electron chi connectivity index (χ0n) is 14.9. The maximum Gasteiger partial charge on any atom is 0.233 e. The zero-order valence-corrected chi connectivity index (χ0v) is 15.7. The summed E-state index contributed by atoms with van der Waals surface area (Å²) < 4.78 is 23.2. The highest BCUT2D eigenvalue weighted by Crippen LogP contribution is 2.19. The van der Waals surface area contributed by atoms with Crippen LogP contribution in [0.15, 0.2) is 24.3 Å². The highest BCUT2D eigenvalue weighted by atomic mass is 32.2. The second kappa shape index (κ2) is 7.86. The van der Waals surface area contributed by atoms with Crippen LogP contribution < -0.4 is 10.2 Å². The smallest absolute Gasteiger partial charge is 0.233 e. The molecular formula is C17H25N3O4S. The second-order valence-corrected chi connectivity index (χ2v) is 8.63. The lowest BCUT2D eigenvalue weighted by atomic mass is 10.2. The van der Waals surface area contributed by atoms with Crippen LogP contribution in [0.4, 0.5) is 11.4 Å². The number of nitrogens with zero attached hydrogens (tertiary/aromatic N) is 2. The number of nitrogens with one attached hydrogen (secondary N) is 1. The molecule has 0 aromatic heterocycles. The Hall–Kier alpha value is -2.09. The number of hydrogen-bond acceptors (Lipinski definition) is 5. The van der Waals surface area contributed by atoms with Crippen LogP contribution in [0.3, 0.4) is 0 Å². The van der Waals surface area contributed by atoms with Crippen molar-refractivity contribution >= 4 is 33.0 Å². The molecule has 1 aromatic rings. The molecule has 1 aliphatic rings. The number of anilines is 2. The normalized spacial score (nSPS) is 18.6. The van der Waals surface area contributed by atoms with Gasteiger partial charge in [-0.25, -0.2) is 8.42 Å². The van der Waals surface area contributed by atoms with Gasteiger partial charge in [-0.15, -0.1) is 0 Å². The third-order valence-electron chi connectivity index (χ3n) is 4.29. The van der Waals surface area contributed by atoms with Crippen molar-refractivity contribution in [3.05, 3.63) is 24.3 Å². The molecule has 8 heteroatoms. The van der Waals surface area contributed by atoms with Crippen molar-refractivity contribution in [3.63, 3.8) is 0 Å². The molecule has 7 nitrogen and oxygen atoms in total. The van der Waals surface area contributed by atoms with Gasteiger partial charge in [0.05, 0.1) is 11.5 Å². The van der Waals surface area contributed by atoms with E-state index in [1.165, 1.54) is 4.90 Å². The van der Waals surface area contributed by atoms with Gasteiger partial charge < -0.3 is 15.1 Å². The quantitative estimate of drug-likeness (QED) is 0.762. The van der Waals surface area contributed by atoms with E-state index >= 15 is 0 Å². The molecule has 1 N–H and O–H groups in total. The molecule has 0 bridgehead atoms. The highest BCUT2D eigenvalue weighted by molar-refractivity contribution is 7.91. The minimum atomic E-state index is -3.07. The predicted octanol–water partition coefficient (Wildman–Crippen LogP) is 1.12. The van der Waals surface area contributed by atoms with E-state index in [2.05, 4.69) is 5.32 Å². The summed E-state index contributed by atoms with van der Waals surface area (Å²) in [6.45, 7) is 2.19. The van der Waals surface area contributed by atoms with Crippen LogP contribution in [0.2, 0.25) is 0 Å². The van der Waals surface area contributed by atoms with Crippen LogP contribution in [0.1, 0.15) is 19.8 Å². The van der Waals surface area contributed by atoms with Gasteiger partial charge in [0.15, 0.2) is 9.84 Å². The van der Waals surface area contributed by atoms with Gasteiger partial charge in [0, 0.05) is 38.1 Å². The maximum atomic E-state index is 12.4. The number of benzene rings is 1. The molecule has 1 heterocycles. The van der Waals surface area contributed by atoms with Crippen LogP contribution >= 0.6 is 0 Å². The number of amides is 2. The van der Waals surface area contributed by atoms with Crippen molar-refractivity contribution in [1.82, 2.24) is 4.90 Å². The number of carbonyl (C=O) groups excluding carboxylic acids is 2. The van der Waals surface area contributed by atoms with Gasteiger partial charge in [-0.2, -0.15) is 0 Å². The summed E-state index contributed by atoms with van der Waals surface area (Å²) in [5.74, 6) is -0.652. The fourth-order valence-corrected chi connectivity index (χ4v) is 4.68. The average Bonchev–Trinajstić information content (AvgIpc) is 2.88. The summed E-state index contributed by atoms with van der Waals surface area (Å²) in [6.07, 6.45) is 0.148. The van der Waals surface area contributed by atoms with Gasteiger partial charge in [0.2, 0.25) is 11.8 Å². The van der Waals surface area contributed by atoms with Crippen molar-refractivity contribution in [1.29, 1.82) is 0 Å². The van der Waals surface area contributed by atoms with E-state index in [0.29, 0.717) is 18.7 Å². The minimum absolute atomic E-state index is 0.0137. The second-order valence-electron chi connectivity index (χ2n) is 6.40. The topological polar surface area (TPSA) is 86.8 Å². The fourth-order valence-electron chi connectivity index (χ4n) is 2.95. The van der Waals surface area contributed by atoms with E-state index in [0.717, 1.165) is 5.69 Å². The fraction of sp³-hybridized carbons (Fsp3) is 0.529. The molecule has 1 saturated heterocycles. The van der Waals surface area contributed by atoms with E-state index in [-0.39, 0.29) is 29.9 Å². The van der Waals surface area contributed by atoms with Crippen molar-refractivity contribution in [2.45, 2.75) is 25.8 Å². The summed E-state index contributed by atoms with van der Waals surface area (Å²) in [5.41, 5.74) is 1.63. The Balaban J connectivity index is 1.93. The molecule has 1 atom stereocenters. The van der Waals surface area contributed by atoms with Gasteiger partial charge in [-0.3, -0.25) is 9.59 Å². The minimum Gasteiger partial charge on any atom is -0.378 e. The lowest BCUT2D eigenvalue weighted by molar-refractivity contribution is -0.135. The average molecular weight is 367 g/mol. The van der Waals surface area contributed by atoms with Crippen LogP contribution in [0, 0.1) is 0 Å². The van der Waals surface area contributed by atoms with Gasteiger partial charge in [0.25, 0.3) is 0 Å². The zero-order chi connectivity index (χ0) is 18.6. The largest absolute Gasteiger partial charge is 0.378 e. The summed E-state index contributed by atoms with van der Waals surface area (Å²) in [7, 11) is 0.780. The van der Waals surface area contributed by atoms with Gasteiger partial charge >= 0.3 is 0 Å². The molecule has 1 aromatic carbocycles. The highest BCUT2D eigenvalue weighted by Gasteiger charge is 2.34. The predicted molar refractivity (Wildman–Crippen MR) is 98.5 cm³/mol. The molecule has 1 fully saturated rings. The molecule has 2 rings (SSSR count). The molecule has 1 aliphatic heterocycles. The van der Waals surface area contributed by atoms with Crippen molar-refractivity contribution in [2.75, 3.05) is 42.4 Å². The standard InChI is InChI=1S/C17H25N3O4S/c1-4-20(15-9-10-25(23,24)12-15)17(22)11-16(21)18-13-5-7-14(8-6-13)19(2)3/h5-8,15H,4,9-12H2,1-3H3,(H,18,21). The van der Waals surface area contributed by atoms with Crippen molar-refractivity contribution in [2.24, 2.45) is 0 Å². The monoisotopic (exact) mass is 367 g/mol. The van der Waals surface area contributed by atoms with Crippen LogP contribution in [-0.2, 0) is 19.4 Å². The van der Waals surface area contributed by atoms with E-state index < -0.39 is 15.7 Å². The maximum absolute atomic E-state index is 12.4. The van der Waals surface area contributed by atoms with E-state index in [1.54, 1.807) is 19.1 Å². The first-order chi connectivity index (χ1) is 11.7. The molecule has 25 heavy (non-hydrogen) atoms. The van der Waals surface area contributed by atoms with Gasteiger partial charge in [0.1, 0.15) is 6.42 Å². The van der Waals surface area contributed by atoms with Crippen molar-refractivity contribution in [3.8, 4) is 0 Å². The summed E-state index contributed by atoms with van der Waals surface area (Å²) in [6, 6.07) is 6.98. The van der Waals surface area contributed by atoms with E-state index in [4.69, 9.17) is 0 Å². The summed E-state index contributed by atoms with van der Waals surface area (Å²) in [4.78, 5) is 27.9. The lowest BCUT2D eigenvalue weighted by Gasteiger charge is -2.26. The number of carbonyl (C=O) groups is 2. The number of rotatable bonds is 6. The Morgan fingerprint density at radius 2 is 1.84 bits per heavy atom. The lowest BCUT2D eigenvalue weighted by Crippen LogP contribution is -2.42. The van der Waals surface area contributed by atoms with Crippen LogP contribution in [0.25, 0.3) is 0 Å². The third kappa shape index (κ3) is 5.19. The Labute approximate surface area is 148 Å². The first kappa shape index (κ1) is 19.2. The molecule has 0 spiro atoms. The molecule has 0 saturated carbocycles. The van der Waals surface area contributed by atoms with Crippen molar-refractivity contribution < 1.29 is 18.0 Å². The third-order valence-corrected chi connectivity index (χ3v) is 6.04. The van der Waals surface area contributed by atoms with Gasteiger partial charge in [-0.1, -0.05) is 0 Å². The molecule has 1 unspecified atom stereocenters. The van der Waals surface area contributed by atoms with E-state index in [1.807, 2.05) is 31.1 Å². The van der Waals surface area contributed by atoms with Gasteiger partial charge in [-0.05, 0) is 37.6 Å². The SMILES string of the molecule is CCN(C(=O)CC(=O)Nc1ccc(N(C)C)cc1)C1CCS(=O)(=O)C1. The van der Waals surface area contributed by atoms with Crippen LogP contribution in [0.5, 0.6) is 0 Å². The Kier molecular flexibility index (Phi) is 6.05. The molecule has 2 amide bonds. The first-order valence-corrected chi connectivity index (χ1v) is 10.1. The Bertz CT molecular complexity index is 729. The van der Waals surface area contributed by atoms with E-state index in [9.17, 15) is 18.0 Å². The molecule has 138 valence electrons. The molecule has 0 aliphatic carbocycles. The Morgan fingerprint density at radius 1 is 1.20 bits per heavy atom. The number of sulfone groups is 1.